The number of rotatable bonds is 15. The zero-order valence-corrected chi connectivity index (χ0v) is 16.5. The van der Waals surface area contributed by atoms with Crippen molar-refractivity contribution in [1.29, 1.82) is 0 Å². The van der Waals surface area contributed by atoms with E-state index in [1.54, 1.807) is 0 Å². The molecule has 1 aliphatic heterocycles. The monoisotopic (exact) mass is 382 g/mol. The first-order chi connectivity index (χ1) is 13.0. The lowest BCUT2D eigenvalue weighted by molar-refractivity contribution is -0.142. The van der Waals surface area contributed by atoms with Gasteiger partial charge in [-0.3, -0.25) is 14.4 Å². The Morgan fingerprint density at radius 1 is 0.963 bits per heavy atom. The zero-order chi connectivity index (χ0) is 19.9. The van der Waals surface area contributed by atoms with Gasteiger partial charge in [0.2, 0.25) is 11.8 Å². The SMILES string of the molecule is CC(=O)NCCCCCCCCCCCC(=O)CC(=O)N[C@H]1CCOC1=O. The van der Waals surface area contributed by atoms with Crippen LogP contribution in [0.5, 0.6) is 0 Å². The van der Waals surface area contributed by atoms with Gasteiger partial charge in [0.15, 0.2) is 0 Å². The molecule has 154 valence electrons. The second-order valence-corrected chi connectivity index (χ2v) is 7.21. The van der Waals surface area contributed by atoms with Crippen LogP contribution in [-0.4, -0.2) is 42.8 Å². The summed E-state index contributed by atoms with van der Waals surface area (Å²) in [4.78, 5) is 45.5. The van der Waals surface area contributed by atoms with Crippen molar-refractivity contribution in [3.63, 3.8) is 0 Å². The van der Waals surface area contributed by atoms with E-state index >= 15 is 0 Å². The van der Waals surface area contributed by atoms with Gasteiger partial charge in [0.1, 0.15) is 11.8 Å². The second kappa shape index (κ2) is 14.2. The first-order valence-electron chi connectivity index (χ1n) is 10.2. The number of nitrogens with one attached hydrogen (secondary N) is 2. The summed E-state index contributed by atoms with van der Waals surface area (Å²) in [5.41, 5.74) is 0. The average molecular weight is 383 g/mol. The van der Waals surface area contributed by atoms with Gasteiger partial charge >= 0.3 is 5.97 Å². The topological polar surface area (TPSA) is 102 Å². The number of amides is 2. The molecule has 1 saturated heterocycles. The maximum Gasteiger partial charge on any atom is 0.328 e. The molecule has 0 radical (unpaired) electrons. The zero-order valence-electron chi connectivity index (χ0n) is 16.5. The summed E-state index contributed by atoms with van der Waals surface area (Å²) in [6.07, 6.45) is 10.6. The summed E-state index contributed by atoms with van der Waals surface area (Å²) in [5.74, 6) is -0.837. The molecule has 1 aliphatic rings. The molecule has 2 N–H and O–H groups in total. The lowest BCUT2D eigenvalue weighted by atomic mass is 10.0. The van der Waals surface area contributed by atoms with E-state index in [-0.39, 0.29) is 24.0 Å². The molecule has 7 heteroatoms. The average Bonchev–Trinajstić information content (AvgIpc) is 3.00. The Balaban J connectivity index is 1.87. The molecule has 0 bridgehead atoms. The molecule has 0 aromatic carbocycles. The van der Waals surface area contributed by atoms with E-state index < -0.39 is 12.0 Å². The number of carbonyl (C=O) groups is 4. The fourth-order valence-corrected chi connectivity index (χ4v) is 3.09. The van der Waals surface area contributed by atoms with E-state index in [0.29, 0.717) is 19.4 Å². The molecule has 0 aliphatic carbocycles. The first-order valence-corrected chi connectivity index (χ1v) is 10.2. The van der Waals surface area contributed by atoms with Crippen molar-refractivity contribution in [2.75, 3.05) is 13.2 Å². The Kier molecular flexibility index (Phi) is 12.1. The van der Waals surface area contributed by atoms with Gasteiger partial charge in [-0.25, -0.2) is 4.79 Å². The molecule has 0 spiro atoms. The highest BCUT2D eigenvalue weighted by Crippen LogP contribution is 2.11. The van der Waals surface area contributed by atoms with E-state index in [9.17, 15) is 19.2 Å². The summed E-state index contributed by atoms with van der Waals surface area (Å²) in [5, 5.41) is 5.35. The third kappa shape index (κ3) is 12.2. The molecular weight excluding hydrogens is 348 g/mol. The van der Waals surface area contributed by atoms with Crippen LogP contribution in [0.25, 0.3) is 0 Å². The first kappa shape index (κ1) is 23.1. The van der Waals surface area contributed by atoms with Crippen LogP contribution in [0.1, 0.15) is 84.0 Å². The van der Waals surface area contributed by atoms with Gasteiger partial charge in [-0.15, -0.1) is 0 Å². The summed E-state index contributed by atoms with van der Waals surface area (Å²) in [7, 11) is 0. The Hall–Kier alpha value is -1.92. The van der Waals surface area contributed by atoms with Gasteiger partial charge < -0.3 is 15.4 Å². The number of ether oxygens (including phenoxy) is 1. The predicted octanol–water partition coefficient (Wildman–Crippen LogP) is 2.41. The Labute approximate surface area is 162 Å². The highest BCUT2D eigenvalue weighted by molar-refractivity contribution is 5.99. The number of hydrogen-bond donors (Lipinski definition) is 2. The minimum absolute atomic E-state index is 0.0348. The Morgan fingerprint density at radius 2 is 1.56 bits per heavy atom. The molecule has 2 amide bonds. The molecule has 1 rings (SSSR count). The minimum atomic E-state index is -0.587. The number of Topliss-reactive ketones (excluding diaryl/α,β-unsaturated/α-hetero) is 1. The normalized spacial score (nSPS) is 16.0. The number of unbranched alkanes of at least 4 members (excludes halogenated alkanes) is 8. The smallest absolute Gasteiger partial charge is 0.328 e. The van der Waals surface area contributed by atoms with Gasteiger partial charge in [-0.05, 0) is 12.8 Å². The van der Waals surface area contributed by atoms with Crippen molar-refractivity contribution in [3.05, 3.63) is 0 Å². The van der Waals surface area contributed by atoms with Crippen molar-refractivity contribution >= 4 is 23.6 Å². The van der Waals surface area contributed by atoms with Crippen LogP contribution in [0.15, 0.2) is 0 Å². The van der Waals surface area contributed by atoms with Gasteiger partial charge in [0, 0.05) is 26.3 Å². The molecule has 0 unspecified atom stereocenters. The van der Waals surface area contributed by atoms with Gasteiger partial charge in [0.05, 0.1) is 13.0 Å². The van der Waals surface area contributed by atoms with E-state index in [1.807, 2.05) is 0 Å². The summed E-state index contributed by atoms with van der Waals surface area (Å²) in [6.45, 7) is 2.64. The van der Waals surface area contributed by atoms with Crippen LogP contribution in [0.4, 0.5) is 0 Å². The van der Waals surface area contributed by atoms with Crippen molar-refractivity contribution in [3.8, 4) is 0 Å². The largest absolute Gasteiger partial charge is 0.464 e. The van der Waals surface area contributed by atoms with Crippen molar-refractivity contribution < 1.29 is 23.9 Å². The highest BCUT2D eigenvalue weighted by Gasteiger charge is 2.28. The fourth-order valence-electron chi connectivity index (χ4n) is 3.09. The lowest BCUT2D eigenvalue weighted by Gasteiger charge is -2.08. The molecule has 1 fully saturated rings. The summed E-state index contributed by atoms with van der Waals surface area (Å²) in [6, 6.07) is -0.587. The van der Waals surface area contributed by atoms with Crippen molar-refractivity contribution in [2.45, 2.75) is 90.0 Å². The molecule has 7 nitrogen and oxygen atoms in total. The predicted molar refractivity (Wildman–Crippen MR) is 102 cm³/mol. The molecule has 27 heavy (non-hydrogen) atoms. The molecule has 0 aromatic rings. The Morgan fingerprint density at radius 3 is 2.11 bits per heavy atom. The highest BCUT2D eigenvalue weighted by atomic mass is 16.5. The van der Waals surface area contributed by atoms with Crippen LogP contribution in [0, 0.1) is 0 Å². The van der Waals surface area contributed by atoms with Crippen LogP contribution in [-0.2, 0) is 23.9 Å². The van der Waals surface area contributed by atoms with Crippen LogP contribution >= 0.6 is 0 Å². The standard InChI is InChI=1S/C20H34N2O5/c1-16(23)21-13-10-8-6-4-2-3-5-7-9-11-17(24)15-19(25)22-18-12-14-27-20(18)26/h18H,2-15H2,1H3,(H,21,23)(H,22,25)/t18-/m0/s1. The molecule has 0 aromatic heterocycles. The maximum absolute atomic E-state index is 11.8. The van der Waals surface area contributed by atoms with Crippen LogP contribution in [0.2, 0.25) is 0 Å². The minimum Gasteiger partial charge on any atom is -0.464 e. The van der Waals surface area contributed by atoms with Gasteiger partial charge in [-0.1, -0.05) is 44.9 Å². The van der Waals surface area contributed by atoms with Crippen molar-refractivity contribution in [1.82, 2.24) is 10.6 Å². The van der Waals surface area contributed by atoms with Gasteiger partial charge in [-0.2, -0.15) is 0 Å². The molecule has 1 heterocycles. The fraction of sp³-hybridized carbons (Fsp3) is 0.800. The van der Waals surface area contributed by atoms with E-state index in [0.717, 1.165) is 38.6 Å². The Bertz CT molecular complexity index is 493. The quantitative estimate of drug-likeness (QED) is 0.257. The number of cyclic esters (lactones) is 1. The third-order valence-electron chi connectivity index (χ3n) is 4.63. The second-order valence-electron chi connectivity index (χ2n) is 7.21. The maximum atomic E-state index is 11.8. The molecular formula is C20H34N2O5. The van der Waals surface area contributed by atoms with E-state index in [1.165, 1.54) is 32.6 Å². The van der Waals surface area contributed by atoms with E-state index in [2.05, 4.69) is 10.6 Å². The molecule has 0 saturated carbocycles. The third-order valence-corrected chi connectivity index (χ3v) is 4.63. The van der Waals surface area contributed by atoms with Crippen molar-refractivity contribution in [2.24, 2.45) is 0 Å². The summed E-state index contributed by atoms with van der Waals surface area (Å²) >= 11 is 0. The number of hydrogen-bond acceptors (Lipinski definition) is 5. The summed E-state index contributed by atoms with van der Waals surface area (Å²) < 4.78 is 4.77. The van der Waals surface area contributed by atoms with Crippen LogP contribution < -0.4 is 10.6 Å². The van der Waals surface area contributed by atoms with Gasteiger partial charge in [0.25, 0.3) is 0 Å². The lowest BCUT2D eigenvalue weighted by Crippen LogP contribution is -2.38. The number of esters is 1. The van der Waals surface area contributed by atoms with E-state index in [4.69, 9.17) is 4.74 Å². The number of carbonyl (C=O) groups excluding carboxylic acids is 4. The molecule has 1 atom stereocenters. The van der Waals surface area contributed by atoms with Crippen LogP contribution in [0.3, 0.4) is 0 Å². The number of ketones is 1.